The SMILES string of the molecule is Cc1c(Cl)cccc1NC(=O)CCc1ncc(-c2cccc(Br)c2)o1. The second kappa shape index (κ2) is 7.85. The van der Waals surface area contributed by atoms with Crippen LogP contribution in [-0.2, 0) is 11.2 Å². The number of hydrogen-bond acceptors (Lipinski definition) is 3. The topological polar surface area (TPSA) is 55.1 Å². The summed E-state index contributed by atoms with van der Waals surface area (Å²) in [6.45, 7) is 1.87. The molecular formula is C19H16BrClN2O2. The first-order valence-corrected chi connectivity index (χ1v) is 8.95. The Morgan fingerprint density at radius 1 is 1.28 bits per heavy atom. The molecule has 1 heterocycles. The number of hydrogen-bond donors (Lipinski definition) is 1. The molecule has 0 atom stereocenters. The van der Waals surface area contributed by atoms with Crippen molar-refractivity contribution in [2.75, 3.05) is 5.32 Å². The Hall–Kier alpha value is -2.11. The zero-order valence-corrected chi connectivity index (χ0v) is 15.9. The highest BCUT2D eigenvalue weighted by Crippen LogP contribution is 2.25. The fraction of sp³-hybridized carbons (Fsp3) is 0.158. The van der Waals surface area contributed by atoms with E-state index in [0.29, 0.717) is 23.1 Å². The first-order chi connectivity index (χ1) is 12.0. The molecule has 0 fully saturated rings. The molecule has 1 aromatic heterocycles. The molecule has 0 unspecified atom stereocenters. The lowest BCUT2D eigenvalue weighted by Crippen LogP contribution is -2.13. The summed E-state index contributed by atoms with van der Waals surface area (Å²) >= 11 is 9.50. The van der Waals surface area contributed by atoms with Gasteiger partial charge in [-0.1, -0.05) is 45.7 Å². The quantitative estimate of drug-likeness (QED) is 0.582. The zero-order valence-electron chi connectivity index (χ0n) is 13.6. The summed E-state index contributed by atoms with van der Waals surface area (Å²) in [5.41, 5.74) is 2.51. The number of nitrogens with zero attached hydrogens (tertiary/aromatic N) is 1. The minimum atomic E-state index is -0.104. The van der Waals surface area contributed by atoms with Crippen LogP contribution >= 0.6 is 27.5 Å². The highest BCUT2D eigenvalue weighted by atomic mass is 79.9. The molecule has 25 heavy (non-hydrogen) atoms. The average Bonchev–Trinajstić information content (AvgIpc) is 3.06. The third kappa shape index (κ3) is 4.50. The molecule has 0 bridgehead atoms. The molecule has 6 heteroatoms. The molecule has 0 spiro atoms. The fourth-order valence-corrected chi connectivity index (χ4v) is 2.95. The van der Waals surface area contributed by atoms with E-state index in [1.165, 1.54) is 0 Å². The minimum Gasteiger partial charge on any atom is -0.441 e. The summed E-state index contributed by atoms with van der Waals surface area (Å²) in [5.74, 6) is 1.11. The molecule has 4 nitrogen and oxygen atoms in total. The van der Waals surface area contributed by atoms with Gasteiger partial charge in [0.15, 0.2) is 11.7 Å². The molecule has 3 aromatic rings. The van der Waals surface area contributed by atoms with Crippen LogP contribution in [0.3, 0.4) is 0 Å². The van der Waals surface area contributed by atoms with Crippen LogP contribution in [0.2, 0.25) is 5.02 Å². The number of oxazole rings is 1. The number of halogens is 2. The van der Waals surface area contributed by atoms with Crippen LogP contribution in [0.1, 0.15) is 17.9 Å². The number of nitrogens with one attached hydrogen (secondary N) is 1. The van der Waals surface area contributed by atoms with Crippen molar-refractivity contribution in [2.45, 2.75) is 19.8 Å². The van der Waals surface area contributed by atoms with Gasteiger partial charge in [-0.3, -0.25) is 4.79 Å². The van der Waals surface area contributed by atoms with Gasteiger partial charge in [0.05, 0.1) is 6.20 Å². The predicted molar refractivity (Wildman–Crippen MR) is 103 cm³/mol. The van der Waals surface area contributed by atoms with Crippen molar-refractivity contribution >= 4 is 39.1 Å². The van der Waals surface area contributed by atoms with Crippen LogP contribution in [0.15, 0.2) is 57.6 Å². The number of rotatable bonds is 5. The summed E-state index contributed by atoms with van der Waals surface area (Å²) in [5, 5.41) is 3.50. The number of carbonyl (C=O) groups excluding carboxylic acids is 1. The van der Waals surface area contributed by atoms with Gasteiger partial charge in [-0.2, -0.15) is 0 Å². The Morgan fingerprint density at radius 2 is 2.08 bits per heavy atom. The van der Waals surface area contributed by atoms with Crippen molar-refractivity contribution in [2.24, 2.45) is 0 Å². The number of aryl methyl sites for hydroxylation is 1. The minimum absolute atomic E-state index is 0.104. The van der Waals surface area contributed by atoms with Crippen molar-refractivity contribution in [1.82, 2.24) is 4.98 Å². The second-order valence-electron chi connectivity index (χ2n) is 5.59. The van der Waals surface area contributed by atoms with Gasteiger partial charge in [0.25, 0.3) is 0 Å². The van der Waals surface area contributed by atoms with E-state index in [2.05, 4.69) is 26.2 Å². The maximum atomic E-state index is 12.1. The van der Waals surface area contributed by atoms with Crippen LogP contribution in [0, 0.1) is 6.92 Å². The normalized spacial score (nSPS) is 10.7. The van der Waals surface area contributed by atoms with E-state index in [-0.39, 0.29) is 12.3 Å². The molecule has 0 radical (unpaired) electrons. The molecule has 0 aliphatic rings. The zero-order chi connectivity index (χ0) is 17.8. The van der Waals surface area contributed by atoms with E-state index in [9.17, 15) is 4.79 Å². The molecule has 0 aliphatic heterocycles. The molecule has 0 saturated heterocycles. The molecule has 0 aliphatic carbocycles. The number of benzene rings is 2. The van der Waals surface area contributed by atoms with E-state index in [1.807, 2.05) is 43.3 Å². The second-order valence-corrected chi connectivity index (χ2v) is 6.91. The fourth-order valence-electron chi connectivity index (χ4n) is 2.38. The van der Waals surface area contributed by atoms with Gasteiger partial charge in [-0.25, -0.2) is 4.98 Å². The summed E-state index contributed by atoms with van der Waals surface area (Å²) in [4.78, 5) is 16.4. The van der Waals surface area contributed by atoms with Crippen molar-refractivity contribution in [1.29, 1.82) is 0 Å². The van der Waals surface area contributed by atoms with Crippen LogP contribution in [0.25, 0.3) is 11.3 Å². The van der Waals surface area contributed by atoms with Crippen LogP contribution in [-0.4, -0.2) is 10.9 Å². The summed E-state index contributed by atoms with van der Waals surface area (Å²) in [6, 6.07) is 13.2. The smallest absolute Gasteiger partial charge is 0.224 e. The van der Waals surface area contributed by atoms with Crippen LogP contribution < -0.4 is 5.32 Å². The van der Waals surface area contributed by atoms with Gasteiger partial charge in [0.1, 0.15) is 0 Å². The maximum absolute atomic E-state index is 12.1. The predicted octanol–water partition coefficient (Wildman–Crippen LogP) is 5.64. The van der Waals surface area contributed by atoms with E-state index in [4.69, 9.17) is 16.0 Å². The first kappa shape index (κ1) is 17.7. The molecule has 128 valence electrons. The Bertz CT molecular complexity index is 908. The molecule has 1 amide bonds. The van der Waals surface area contributed by atoms with Gasteiger partial charge < -0.3 is 9.73 Å². The third-order valence-corrected chi connectivity index (χ3v) is 4.67. The Kier molecular flexibility index (Phi) is 5.56. The van der Waals surface area contributed by atoms with E-state index in [0.717, 1.165) is 21.3 Å². The van der Waals surface area contributed by atoms with Crippen LogP contribution in [0.4, 0.5) is 5.69 Å². The maximum Gasteiger partial charge on any atom is 0.224 e. The van der Waals surface area contributed by atoms with Crippen molar-refractivity contribution in [3.05, 3.63) is 69.6 Å². The lowest BCUT2D eigenvalue weighted by atomic mass is 10.2. The van der Waals surface area contributed by atoms with Crippen molar-refractivity contribution < 1.29 is 9.21 Å². The lowest BCUT2D eigenvalue weighted by Gasteiger charge is -2.08. The van der Waals surface area contributed by atoms with Crippen molar-refractivity contribution in [3.8, 4) is 11.3 Å². The van der Waals surface area contributed by atoms with Gasteiger partial charge in [-0.05, 0) is 36.8 Å². The monoisotopic (exact) mass is 418 g/mol. The third-order valence-electron chi connectivity index (χ3n) is 3.77. The summed E-state index contributed by atoms with van der Waals surface area (Å²) in [6.07, 6.45) is 2.39. The first-order valence-electron chi connectivity index (χ1n) is 7.78. The number of aromatic nitrogens is 1. The Balaban J connectivity index is 1.60. The molecule has 2 aromatic carbocycles. The highest BCUT2D eigenvalue weighted by Gasteiger charge is 2.11. The highest BCUT2D eigenvalue weighted by molar-refractivity contribution is 9.10. The summed E-state index contributed by atoms with van der Waals surface area (Å²) in [7, 11) is 0. The molecule has 0 saturated carbocycles. The van der Waals surface area contributed by atoms with Gasteiger partial charge in [0.2, 0.25) is 5.91 Å². The number of anilines is 1. The number of amides is 1. The van der Waals surface area contributed by atoms with Gasteiger partial charge in [-0.15, -0.1) is 0 Å². The largest absolute Gasteiger partial charge is 0.441 e. The van der Waals surface area contributed by atoms with Crippen LogP contribution in [0.5, 0.6) is 0 Å². The molecule has 1 N–H and O–H groups in total. The standard InChI is InChI=1S/C19H16BrClN2O2/c1-12-15(21)6-3-7-16(12)23-18(24)8-9-19-22-11-17(25-19)13-4-2-5-14(20)10-13/h2-7,10-11H,8-9H2,1H3,(H,23,24). The van der Waals surface area contributed by atoms with Gasteiger partial charge in [0, 0.05) is 33.6 Å². The Morgan fingerprint density at radius 3 is 2.88 bits per heavy atom. The molecular weight excluding hydrogens is 404 g/mol. The van der Waals surface area contributed by atoms with E-state index >= 15 is 0 Å². The number of carbonyl (C=O) groups is 1. The lowest BCUT2D eigenvalue weighted by molar-refractivity contribution is -0.116. The van der Waals surface area contributed by atoms with E-state index < -0.39 is 0 Å². The Labute approximate surface area is 159 Å². The van der Waals surface area contributed by atoms with E-state index in [1.54, 1.807) is 12.3 Å². The summed E-state index contributed by atoms with van der Waals surface area (Å²) < 4.78 is 6.71. The van der Waals surface area contributed by atoms with Gasteiger partial charge >= 0.3 is 0 Å². The average molecular weight is 420 g/mol. The van der Waals surface area contributed by atoms with Crippen molar-refractivity contribution in [3.63, 3.8) is 0 Å². The molecule has 3 rings (SSSR count).